The molecule has 0 radical (unpaired) electrons. The standard InChI is InChI=1S/C4H9N.C2H6N.Ta/c1-4(2,3)5;1-3-2;/h1-3H3;1-2H3;/q;-1;. The second-order valence-corrected chi connectivity index (χ2v) is 3.44. The Labute approximate surface area is 70.2 Å². The minimum absolute atomic E-state index is 0.216. The third-order valence-corrected chi connectivity index (χ3v) is 2.46. The van der Waals surface area contributed by atoms with Gasteiger partial charge in [0.1, 0.15) is 0 Å². The van der Waals surface area contributed by atoms with Crippen molar-refractivity contribution in [1.82, 2.24) is 0 Å². The van der Waals surface area contributed by atoms with Gasteiger partial charge in [0.25, 0.3) is 0 Å². The third-order valence-electron chi connectivity index (χ3n) is 0.300. The van der Waals surface area contributed by atoms with Gasteiger partial charge in [0.15, 0.2) is 0 Å². The van der Waals surface area contributed by atoms with Crippen molar-refractivity contribution in [1.29, 1.82) is 0 Å². The van der Waals surface area contributed by atoms with Crippen LogP contribution in [0.5, 0.6) is 0 Å². The first-order chi connectivity index (χ1) is 3.97. The SMILES string of the molecule is CC(C)(C)[N]=[Ta].C[N-]C. The Morgan fingerprint density at radius 1 is 1.22 bits per heavy atom. The van der Waals surface area contributed by atoms with Crippen LogP contribution in [-0.2, 0) is 20.9 Å². The van der Waals surface area contributed by atoms with Crippen molar-refractivity contribution in [2.75, 3.05) is 14.1 Å². The quantitative estimate of drug-likeness (QED) is 0.655. The number of rotatable bonds is 0. The molecular weight excluding hydrogens is 281 g/mol. The van der Waals surface area contributed by atoms with Crippen molar-refractivity contribution in [2.24, 2.45) is 3.34 Å². The van der Waals surface area contributed by atoms with Gasteiger partial charge in [-0.3, -0.25) is 0 Å². The molecule has 0 aliphatic rings. The molecule has 3 heteroatoms. The zero-order valence-electron chi connectivity index (χ0n) is 6.84. The van der Waals surface area contributed by atoms with E-state index in [1.807, 2.05) is 0 Å². The summed E-state index contributed by atoms with van der Waals surface area (Å²) in [6.45, 7) is 6.31. The molecule has 0 aromatic rings. The zero-order chi connectivity index (χ0) is 7.91. The predicted octanol–water partition coefficient (Wildman–Crippen LogP) is 2.13. The molecule has 0 spiro atoms. The Balaban J connectivity index is 0. The Morgan fingerprint density at radius 3 is 1.33 bits per heavy atom. The van der Waals surface area contributed by atoms with Gasteiger partial charge in [-0.1, -0.05) is 0 Å². The van der Waals surface area contributed by atoms with Crippen LogP contribution in [0.1, 0.15) is 20.8 Å². The molecule has 0 unspecified atom stereocenters. The van der Waals surface area contributed by atoms with E-state index in [1.54, 1.807) is 14.1 Å². The molecule has 0 N–H and O–H groups in total. The van der Waals surface area contributed by atoms with E-state index in [4.69, 9.17) is 0 Å². The summed E-state index contributed by atoms with van der Waals surface area (Å²) in [6, 6.07) is 0. The molecule has 0 amide bonds. The topological polar surface area (TPSA) is 26.5 Å². The number of hydrogen-bond acceptors (Lipinski definition) is 1. The number of hydrogen-bond donors (Lipinski definition) is 0. The van der Waals surface area contributed by atoms with Gasteiger partial charge in [-0.15, -0.1) is 0 Å². The Bertz CT molecular complexity index is 65.9. The van der Waals surface area contributed by atoms with Gasteiger partial charge >= 0.3 is 50.5 Å². The minimum Gasteiger partial charge on any atom is -0.668 e. The van der Waals surface area contributed by atoms with Crippen LogP contribution in [0, 0.1) is 0 Å². The molecule has 2 nitrogen and oxygen atoms in total. The second kappa shape index (κ2) is 6.62. The zero-order valence-corrected chi connectivity index (χ0v) is 10.1. The van der Waals surface area contributed by atoms with Crippen LogP contribution in [0.25, 0.3) is 5.32 Å². The molecule has 55 valence electrons. The van der Waals surface area contributed by atoms with Crippen LogP contribution in [0.2, 0.25) is 0 Å². The molecule has 0 aliphatic carbocycles. The molecule has 9 heavy (non-hydrogen) atoms. The summed E-state index contributed by atoms with van der Waals surface area (Å²) in [5.74, 6) is 0. The van der Waals surface area contributed by atoms with Crippen molar-refractivity contribution in [3.8, 4) is 0 Å². The van der Waals surface area contributed by atoms with E-state index in [0.29, 0.717) is 0 Å². The van der Waals surface area contributed by atoms with Crippen molar-refractivity contribution in [3.05, 3.63) is 5.32 Å². The average molecular weight is 296 g/mol. The maximum atomic E-state index is 4.13. The molecule has 0 rings (SSSR count). The average Bonchev–Trinajstić information content (AvgIpc) is 1.67. The van der Waals surface area contributed by atoms with Crippen molar-refractivity contribution < 1.29 is 20.9 Å². The first kappa shape index (κ1) is 12.2. The van der Waals surface area contributed by atoms with E-state index in [2.05, 4.69) is 29.4 Å². The maximum absolute atomic E-state index is 4.13. The van der Waals surface area contributed by atoms with E-state index in [1.165, 1.54) is 0 Å². The monoisotopic (exact) mass is 296 g/mol. The second-order valence-electron chi connectivity index (χ2n) is 2.72. The molecule has 0 atom stereocenters. The fraction of sp³-hybridized carbons (Fsp3) is 1.00. The smallest absolute Gasteiger partial charge is 0.162 e. The minimum atomic E-state index is 0.216. The Kier molecular flexibility index (Phi) is 8.97. The van der Waals surface area contributed by atoms with Gasteiger partial charge in [-0.25, -0.2) is 0 Å². The largest absolute Gasteiger partial charge is 0.668 e. The van der Waals surface area contributed by atoms with Gasteiger partial charge in [0, 0.05) is 0 Å². The summed E-state index contributed by atoms with van der Waals surface area (Å²) in [7, 11) is 3.50. The summed E-state index contributed by atoms with van der Waals surface area (Å²) in [4.78, 5) is 0. The van der Waals surface area contributed by atoms with Crippen LogP contribution in [0.3, 0.4) is 0 Å². The van der Waals surface area contributed by atoms with Crippen LogP contribution in [0.15, 0.2) is 3.34 Å². The van der Waals surface area contributed by atoms with Crippen LogP contribution in [0.4, 0.5) is 0 Å². The summed E-state index contributed by atoms with van der Waals surface area (Å²) in [5.41, 5.74) is 0.216. The molecule has 0 fully saturated rings. The molecule has 0 aromatic carbocycles. The Hall–Kier alpha value is 0.500. The van der Waals surface area contributed by atoms with Gasteiger partial charge in [-0.05, 0) is 0 Å². The molecular formula is C6H15N2Ta-. The van der Waals surface area contributed by atoms with Gasteiger partial charge in [0.05, 0.1) is 0 Å². The fourth-order valence-electron chi connectivity index (χ4n) is 0. The third kappa shape index (κ3) is 29.3. The van der Waals surface area contributed by atoms with Crippen LogP contribution < -0.4 is 0 Å². The predicted molar refractivity (Wildman–Crippen MR) is 37.4 cm³/mol. The van der Waals surface area contributed by atoms with Gasteiger partial charge in [0.2, 0.25) is 0 Å². The van der Waals surface area contributed by atoms with Gasteiger partial charge < -0.3 is 5.32 Å². The Morgan fingerprint density at radius 2 is 1.33 bits per heavy atom. The molecule has 0 heterocycles. The number of nitrogens with zero attached hydrogens (tertiary/aromatic N) is 2. The van der Waals surface area contributed by atoms with Gasteiger partial charge in [-0.2, -0.15) is 14.1 Å². The van der Waals surface area contributed by atoms with Crippen molar-refractivity contribution in [2.45, 2.75) is 26.3 Å². The summed E-state index contributed by atoms with van der Waals surface area (Å²) < 4.78 is 4.13. The summed E-state index contributed by atoms with van der Waals surface area (Å²) in [5, 5.41) is 3.50. The van der Waals surface area contributed by atoms with E-state index in [9.17, 15) is 0 Å². The van der Waals surface area contributed by atoms with Crippen molar-refractivity contribution >= 4 is 0 Å². The molecule has 0 aromatic heterocycles. The molecule has 0 aliphatic heterocycles. The first-order valence-electron chi connectivity index (χ1n) is 2.82. The maximum Gasteiger partial charge on any atom is -0.162 e. The summed E-state index contributed by atoms with van der Waals surface area (Å²) >= 11 is 1.15. The van der Waals surface area contributed by atoms with Crippen LogP contribution in [-0.4, -0.2) is 19.6 Å². The van der Waals surface area contributed by atoms with E-state index in [-0.39, 0.29) is 5.54 Å². The fourth-order valence-corrected chi connectivity index (χ4v) is 0. The molecule has 0 bridgehead atoms. The molecule has 0 saturated heterocycles. The van der Waals surface area contributed by atoms with E-state index in [0.717, 1.165) is 20.9 Å². The van der Waals surface area contributed by atoms with Crippen LogP contribution >= 0.6 is 0 Å². The first-order valence-corrected chi connectivity index (χ1v) is 4.26. The van der Waals surface area contributed by atoms with E-state index < -0.39 is 0 Å². The van der Waals surface area contributed by atoms with Crippen molar-refractivity contribution in [3.63, 3.8) is 0 Å². The summed E-state index contributed by atoms with van der Waals surface area (Å²) in [6.07, 6.45) is 0. The van der Waals surface area contributed by atoms with E-state index >= 15 is 0 Å². The normalized spacial score (nSPS) is 9.33. The molecule has 0 saturated carbocycles.